The summed E-state index contributed by atoms with van der Waals surface area (Å²) in [5.41, 5.74) is 2.62. The molecule has 0 aliphatic carbocycles. The molecule has 0 unspecified atom stereocenters. The van der Waals surface area contributed by atoms with Crippen molar-refractivity contribution in [2.45, 2.75) is 13.0 Å². The number of fused-ring (bicyclic) bond motifs is 1. The fourth-order valence-electron chi connectivity index (χ4n) is 1.37. The third-order valence-electron chi connectivity index (χ3n) is 1.86. The molecule has 0 atom stereocenters. The summed E-state index contributed by atoms with van der Waals surface area (Å²) in [5.74, 6) is 0. The lowest BCUT2D eigenvalue weighted by Gasteiger charge is -2.09. The Morgan fingerprint density at radius 3 is 3.40 bits per heavy atom. The molecule has 4 heteroatoms. The largest absolute Gasteiger partial charge is 0.326 e. The van der Waals surface area contributed by atoms with Crippen LogP contribution >= 0.6 is 0 Å². The normalized spacial score (nSPS) is 16.8. The zero-order valence-electron chi connectivity index (χ0n) is 6.09. The van der Waals surface area contributed by atoms with Crippen molar-refractivity contribution in [1.82, 2.24) is 15.0 Å². The van der Waals surface area contributed by atoms with E-state index in [2.05, 4.69) is 16.6 Å². The van der Waals surface area contributed by atoms with Gasteiger partial charge in [-0.15, -0.1) is 0 Å². The molecule has 0 amide bonds. The van der Waals surface area contributed by atoms with E-state index in [-0.39, 0.29) is 0 Å². The topological polar surface area (TPSA) is 29.9 Å². The van der Waals surface area contributed by atoms with Crippen LogP contribution in [0.5, 0.6) is 0 Å². The van der Waals surface area contributed by atoms with Crippen molar-refractivity contribution in [2.75, 3.05) is 6.54 Å². The summed E-state index contributed by atoms with van der Waals surface area (Å²) in [6, 6.07) is 0. The molecule has 0 saturated heterocycles. The first kappa shape index (κ1) is 5.98. The lowest BCUT2D eigenvalue weighted by Crippen LogP contribution is -2.22. The SMILES string of the molecule is Bn1cc2c(n1)CNCC2. The number of hydrogen-bond donors (Lipinski definition) is 1. The monoisotopic (exact) mass is 135 g/mol. The molecule has 0 spiro atoms. The molecule has 1 N–H and O–H groups in total. The Bertz CT molecular complexity index is 220. The Labute approximate surface area is 60.9 Å². The summed E-state index contributed by atoms with van der Waals surface area (Å²) in [4.78, 5) is 0. The lowest BCUT2D eigenvalue weighted by molar-refractivity contribution is 0.631. The molecular weight excluding hydrogens is 125 g/mol. The van der Waals surface area contributed by atoms with Gasteiger partial charge in [0.1, 0.15) is 0 Å². The van der Waals surface area contributed by atoms with Crippen LogP contribution in [0.2, 0.25) is 0 Å². The van der Waals surface area contributed by atoms with Crippen molar-refractivity contribution >= 4 is 7.98 Å². The molecule has 10 heavy (non-hydrogen) atoms. The van der Waals surface area contributed by atoms with Crippen LogP contribution in [0.25, 0.3) is 0 Å². The van der Waals surface area contributed by atoms with Gasteiger partial charge in [0, 0.05) is 12.7 Å². The Balaban J connectivity index is 2.41. The first-order valence-electron chi connectivity index (χ1n) is 3.58. The molecule has 2 heterocycles. The number of hydrogen-bond acceptors (Lipinski definition) is 2. The number of rotatable bonds is 0. The summed E-state index contributed by atoms with van der Waals surface area (Å²) in [5, 5.41) is 7.58. The van der Waals surface area contributed by atoms with Gasteiger partial charge in [-0.3, -0.25) is 0 Å². The molecule has 1 aromatic heterocycles. The van der Waals surface area contributed by atoms with Gasteiger partial charge in [-0.2, -0.15) is 5.10 Å². The molecule has 2 rings (SSSR count). The standard InChI is InChI=1S/C6H10BN3/c7-10-4-5-1-2-8-3-6(5)9-10/h4,8H,1-3,7H2. The Kier molecular flexibility index (Phi) is 1.27. The van der Waals surface area contributed by atoms with Crippen molar-refractivity contribution in [3.63, 3.8) is 0 Å². The number of nitrogens with one attached hydrogen (secondary N) is 1. The van der Waals surface area contributed by atoms with Gasteiger partial charge in [0.2, 0.25) is 7.98 Å². The van der Waals surface area contributed by atoms with Crippen LogP contribution in [0, 0.1) is 0 Å². The molecule has 0 radical (unpaired) electrons. The smallest absolute Gasteiger partial charge is 0.248 e. The average molecular weight is 135 g/mol. The van der Waals surface area contributed by atoms with E-state index in [4.69, 9.17) is 0 Å². The molecule has 0 bridgehead atoms. The minimum Gasteiger partial charge on any atom is -0.326 e. The van der Waals surface area contributed by atoms with Crippen LogP contribution in [0.3, 0.4) is 0 Å². The molecule has 1 aliphatic rings. The summed E-state index contributed by atoms with van der Waals surface area (Å²) >= 11 is 0. The van der Waals surface area contributed by atoms with Gasteiger partial charge < -0.3 is 9.91 Å². The minimum absolute atomic E-state index is 0.941. The third kappa shape index (κ3) is 0.846. The fourth-order valence-corrected chi connectivity index (χ4v) is 1.37. The highest BCUT2D eigenvalue weighted by atomic mass is 15.2. The maximum absolute atomic E-state index is 4.31. The number of nitrogens with zero attached hydrogens (tertiary/aromatic N) is 2. The molecule has 0 fully saturated rings. The van der Waals surface area contributed by atoms with Gasteiger partial charge in [0.25, 0.3) is 0 Å². The third-order valence-corrected chi connectivity index (χ3v) is 1.86. The summed E-state index contributed by atoms with van der Waals surface area (Å²) in [6.07, 6.45) is 3.24. The van der Waals surface area contributed by atoms with E-state index in [0.29, 0.717) is 0 Å². The lowest BCUT2D eigenvalue weighted by atomic mass is 10.1. The first-order chi connectivity index (χ1) is 4.86. The van der Waals surface area contributed by atoms with Crippen LogP contribution in [0.4, 0.5) is 0 Å². The van der Waals surface area contributed by atoms with Crippen LogP contribution in [0.1, 0.15) is 11.3 Å². The first-order valence-corrected chi connectivity index (χ1v) is 3.58. The van der Waals surface area contributed by atoms with Gasteiger partial charge in [-0.25, -0.2) is 0 Å². The highest BCUT2D eigenvalue weighted by molar-refractivity contribution is 6.05. The molecule has 1 aromatic rings. The Morgan fingerprint density at radius 1 is 1.70 bits per heavy atom. The molecule has 0 saturated carbocycles. The van der Waals surface area contributed by atoms with E-state index in [1.165, 1.54) is 11.3 Å². The van der Waals surface area contributed by atoms with Crippen molar-refractivity contribution in [3.8, 4) is 0 Å². The van der Waals surface area contributed by atoms with Gasteiger partial charge in [0.15, 0.2) is 0 Å². The van der Waals surface area contributed by atoms with Gasteiger partial charge in [-0.05, 0) is 18.5 Å². The predicted molar refractivity (Wildman–Crippen MR) is 41.6 cm³/mol. The van der Waals surface area contributed by atoms with Crippen LogP contribution in [-0.2, 0) is 13.0 Å². The van der Waals surface area contributed by atoms with Crippen LogP contribution < -0.4 is 5.32 Å². The van der Waals surface area contributed by atoms with Gasteiger partial charge in [0.05, 0.1) is 5.69 Å². The zero-order chi connectivity index (χ0) is 6.97. The predicted octanol–water partition coefficient (Wildman–Crippen LogP) is -1.08. The summed E-state index contributed by atoms with van der Waals surface area (Å²) < 4.78 is 1.89. The molecule has 3 nitrogen and oxygen atoms in total. The molecular formula is C6H10BN3. The van der Waals surface area contributed by atoms with Gasteiger partial charge in [-0.1, -0.05) is 0 Å². The highest BCUT2D eigenvalue weighted by Gasteiger charge is 2.10. The second kappa shape index (κ2) is 2.13. The van der Waals surface area contributed by atoms with Crippen molar-refractivity contribution in [3.05, 3.63) is 17.5 Å². The highest BCUT2D eigenvalue weighted by Crippen LogP contribution is 2.09. The molecule has 0 aromatic carbocycles. The molecule has 1 aliphatic heterocycles. The van der Waals surface area contributed by atoms with E-state index in [1.807, 2.05) is 12.6 Å². The van der Waals surface area contributed by atoms with E-state index in [1.54, 1.807) is 0 Å². The zero-order valence-corrected chi connectivity index (χ0v) is 6.09. The average Bonchev–Trinajstić information content (AvgIpc) is 2.27. The Hall–Kier alpha value is -0.765. The number of aromatic nitrogens is 2. The van der Waals surface area contributed by atoms with Crippen LogP contribution in [-0.4, -0.2) is 24.2 Å². The van der Waals surface area contributed by atoms with Crippen LogP contribution in [0.15, 0.2) is 6.20 Å². The van der Waals surface area contributed by atoms with E-state index in [9.17, 15) is 0 Å². The molecule has 52 valence electrons. The van der Waals surface area contributed by atoms with Crippen molar-refractivity contribution in [1.29, 1.82) is 0 Å². The Morgan fingerprint density at radius 2 is 2.60 bits per heavy atom. The summed E-state index contributed by atoms with van der Waals surface area (Å²) in [7, 11) is 1.97. The van der Waals surface area contributed by atoms with E-state index < -0.39 is 0 Å². The quantitative estimate of drug-likeness (QED) is 0.459. The second-order valence-corrected chi connectivity index (χ2v) is 2.70. The summed E-state index contributed by atoms with van der Waals surface area (Å²) in [6.45, 7) is 2.04. The van der Waals surface area contributed by atoms with E-state index >= 15 is 0 Å². The minimum atomic E-state index is 0.941. The van der Waals surface area contributed by atoms with Gasteiger partial charge >= 0.3 is 0 Å². The fraction of sp³-hybridized carbons (Fsp3) is 0.500. The van der Waals surface area contributed by atoms with Crippen molar-refractivity contribution < 1.29 is 0 Å². The maximum Gasteiger partial charge on any atom is 0.248 e. The van der Waals surface area contributed by atoms with E-state index in [0.717, 1.165) is 19.5 Å². The second-order valence-electron chi connectivity index (χ2n) is 2.70. The maximum atomic E-state index is 4.31. The van der Waals surface area contributed by atoms with Crippen molar-refractivity contribution in [2.24, 2.45) is 0 Å².